The lowest BCUT2D eigenvalue weighted by Gasteiger charge is -2.00. The van der Waals surface area contributed by atoms with Crippen LogP contribution in [0.2, 0.25) is 0 Å². The van der Waals surface area contributed by atoms with Crippen LogP contribution in [0.25, 0.3) is 22.6 Å². The van der Waals surface area contributed by atoms with Crippen LogP contribution in [0.5, 0.6) is 0 Å². The normalized spacial score (nSPS) is 10.9. The molecule has 0 aliphatic heterocycles. The maximum atomic E-state index is 11.8. The number of fused-ring (bicyclic) bond motifs is 1. The Bertz CT molecular complexity index is 909. The number of carbonyl (C=O) groups excluding carboxylic acids is 1. The van der Waals surface area contributed by atoms with E-state index < -0.39 is 11.9 Å². The molecule has 0 amide bonds. The summed E-state index contributed by atoms with van der Waals surface area (Å²) in [5.74, 6) is -1.19. The number of ether oxygens (including phenoxy) is 1. The molecule has 0 fully saturated rings. The third-order valence-electron chi connectivity index (χ3n) is 3.38. The van der Waals surface area contributed by atoms with E-state index in [0.717, 1.165) is 0 Å². The van der Waals surface area contributed by atoms with E-state index in [4.69, 9.17) is 4.74 Å². The van der Waals surface area contributed by atoms with E-state index in [9.17, 15) is 14.7 Å². The fourth-order valence-corrected chi connectivity index (χ4v) is 2.32. The summed E-state index contributed by atoms with van der Waals surface area (Å²) in [6.45, 7) is 3.65. The minimum Gasteiger partial charge on any atom is -0.478 e. The first-order valence-corrected chi connectivity index (χ1v) is 6.96. The van der Waals surface area contributed by atoms with Crippen LogP contribution in [-0.4, -0.2) is 43.8 Å². The highest BCUT2D eigenvalue weighted by atomic mass is 16.5. The first-order valence-electron chi connectivity index (χ1n) is 6.96. The van der Waals surface area contributed by atoms with Gasteiger partial charge in [-0.3, -0.25) is 5.10 Å². The lowest BCUT2D eigenvalue weighted by molar-refractivity contribution is 0.0526. The average Bonchev–Trinajstić information content (AvgIpc) is 3.09. The molecular formula is C15H14N4O4. The molecule has 0 saturated carbocycles. The van der Waals surface area contributed by atoms with Crippen LogP contribution in [-0.2, 0) is 4.74 Å². The number of benzene rings is 1. The Labute approximate surface area is 130 Å². The Hall–Kier alpha value is -3.16. The number of carbonyl (C=O) groups is 2. The van der Waals surface area contributed by atoms with E-state index in [1.165, 1.54) is 0 Å². The van der Waals surface area contributed by atoms with Crippen molar-refractivity contribution in [2.24, 2.45) is 0 Å². The summed E-state index contributed by atoms with van der Waals surface area (Å²) in [7, 11) is 0. The molecule has 23 heavy (non-hydrogen) atoms. The summed E-state index contributed by atoms with van der Waals surface area (Å²) in [5, 5.41) is 15.9. The highest BCUT2D eigenvalue weighted by Gasteiger charge is 2.21. The largest absolute Gasteiger partial charge is 0.478 e. The van der Waals surface area contributed by atoms with Gasteiger partial charge in [-0.25, -0.2) is 14.6 Å². The first kappa shape index (κ1) is 14.8. The summed E-state index contributed by atoms with van der Waals surface area (Å²) in [5.41, 5.74) is 2.32. The van der Waals surface area contributed by atoms with Gasteiger partial charge in [0.25, 0.3) is 0 Å². The maximum Gasteiger partial charge on any atom is 0.339 e. The SMILES string of the molecule is CCOC(=O)c1ccc2[nH]c(-c3n[nH]c(C)c3C(=O)O)nc2c1. The summed E-state index contributed by atoms with van der Waals surface area (Å²) >= 11 is 0. The first-order chi connectivity index (χ1) is 11.0. The summed E-state index contributed by atoms with van der Waals surface area (Å²) in [6.07, 6.45) is 0. The summed E-state index contributed by atoms with van der Waals surface area (Å²) in [6, 6.07) is 4.90. The van der Waals surface area contributed by atoms with Crippen LogP contribution in [0.15, 0.2) is 18.2 Å². The smallest absolute Gasteiger partial charge is 0.339 e. The topological polar surface area (TPSA) is 121 Å². The van der Waals surface area contributed by atoms with Gasteiger partial charge in [0.1, 0.15) is 11.3 Å². The second-order valence-corrected chi connectivity index (χ2v) is 4.92. The van der Waals surface area contributed by atoms with E-state index in [2.05, 4.69) is 20.2 Å². The number of aromatic nitrogens is 4. The van der Waals surface area contributed by atoms with Gasteiger partial charge in [-0.05, 0) is 32.0 Å². The van der Waals surface area contributed by atoms with Crippen molar-refractivity contribution in [2.45, 2.75) is 13.8 Å². The third-order valence-corrected chi connectivity index (χ3v) is 3.38. The number of aryl methyl sites for hydroxylation is 1. The number of nitrogens with one attached hydrogen (secondary N) is 2. The second kappa shape index (κ2) is 5.56. The molecule has 2 heterocycles. The molecule has 0 saturated heterocycles. The number of aromatic amines is 2. The molecule has 0 bridgehead atoms. The molecule has 3 N–H and O–H groups in total. The minimum absolute atomic E-state index is 0.0645. The van der Waals surface area contributed by atoms with Crippen LogP contribution < -0.4 is 0 Å². The molecule has 2 aromatic heterocycles. The average molecular weight is 314 g/mol. The number of rotatable bonds is 4. The van der Waals surface area contributed by atoms with Crippen LogP contribution >= 0.6 is 0 Å². The van der Waals surface area contributed by atoms with Crippen molar-refractivity contribution in [3.8, 4) is 11.5 Å². The van der Waals surface area contributed by atoms with Gasteiger partial charge in [-0.1, -0.05) is 0 Å². The number of carboxylic acids is 1. The van der Waals surface area contributed by atoms with Gasteiger partial charge in [-0.2, -0.15) is 5.10 Å². The number of H-pyrrole nitrogens is 2. The molecule has 3 rings (SSSR count). The molecule has 0 radical (unpaired) electrons. The molecule has 3 aromatic rings. The highest BCUT2D eigenvalue weighted by Crippen LogP contribution is 2.24. The monoisotopic (exact) mass is 314 g/mol. The van der Waals surface area contributed by atoms with Gasteiger partial charge in [-0.15, -0.1) is 0 Å². The molecule has 1 aromatic carbocycles. The van der Waals surface area contributed by atoms with Crippen molar-refractivity contribution in [2.75, 3.05) is 6.61 Å². The Morgan fingerprint density at radius 3 is 2.83 bits per heavy atom. The molecular weight excluding hydrogens is 300 g/mol. The summed E-state index contributed by atoms with van der Waals surface area (Å²) < 4.78 is 4.95. The maximum absolute atomic E-state index is 11.8. The standard InChI is InChI=1S/C15H14N4O4/c1-3-23-15(22)8-4-5-9-10(6-8)17-13(16-9)12-11(14(20)21)7(2)18-19-12/h4-6H,3H2,1-2H3,(H,16,17)(H,18,19)(H,20,21). The van der Waals surface area contributed by atoms with Gasteiger partial charge in [0, 0.05) is 5.69 Å². The van der Waals surface area contributed by atoms with Crippen LogP contribution in [0, 0.1) is 6.92 Å². The summed E-state index contributed by atoms with van der Waals surface area (Å²) in [4.78, 5) is 30.4. The fraction of sp³-hybridized carbons (Fsp3) is 0.200. The number of nitrogens with zero attached hydrogens (tertiary/aromatic N) is 2. The Morgan fingerprint density at radius 1 is 1.35 bits per heavy atom. The van der Waals surface area contributed by atoms with Crippen molar-refractivity contribution < 1.29 is 19.4 Å². The predicted octanol–water partition coefficient (Wildman–Crippen LogP) is 2.14. The molecule has 0 unspecified atom stereocenters. The molecule has 8 heteroatoms. The Morgan fingerprint density at radius 2 is 2.13 bits per heavy atom. The number of imidazole rings is 1. The van der Waals surface area contributed by atoms with Crippen LogP contribution in [0.3, 0.4) is 0 Å². The number of hydrogen-bond acceptors (Lipinski definition) is 5. The molecule has 118 valence electrons. The second-order valence-electron chi connectivity index (χ2n) is 4.92. The number of esters is 1. The molecule has 0 aliphatic carbocycles. The van der Waals surface area contributed by atoms with Gasteiger partial charge in [0.15, 0.2) is 5.82 Å². The van der Waals surface area contributed by atoms with Crippen LogP contribution in [0.4, 0.5) is 0 Å². The zero-order valence-corrected chi connectivity index (χ0v) is 12.5. The molecule has 0 atom stereocenters. The fourth-order valence-electron chi connectivity index (χ4n) is 2.32. The van der Waals surface area contributed by atoms with Gasteiger partial charge < -0.3 is 14.8 Å². The van der Waals surface area contributed by atoms with Crippen molar-refractivity contribution in [1.29, 1.82) is 0 Å². The van der Waals surface area contributed by atoms with Crippen molar-refractivity contribution in [3.05, 3.63) is 35.0 Å². The van der Waals surface area contributed by atoms with Gasteiger partial charge in [0.05, 0.1) is 23.2 Å². The number of hydrogen-bond donors (Lipinski definition) is 3. The van der Waals surface area contributed by atoms with Crippen LogP contribution in [0.1, 0.15) is 33.3 Å². The Kier molecular flexibility index (Phi) is 3.57. The molecule has 0 aliphatic rings. The van der Waals surface area contributed by atoms with Crippen molar-refractivity contribution in [1.82, 2.24) is 20.2 Å². The third kappa shape index (κ3) is 2.54. The van der Waals surface area contributed by atoms with Gasteiger partial charge in [0.2, 0.25) is 0 Å². The predicted molar refractivity (Wildman–Crippen MR) is 81.3 cm³/mol. The van der Waals surface area contributed by atoms with Crippen molar-refractivity contribution in [3.63, 3.8) is 0 Å². The van der Waals surface area contributed by atoms with Gasteiger partial charge >= 0.3 is 11.9 Å². The molecule has 8 nitrogen and oxygen atoms in total. The van der Waals surface area contributed by atoms with E-state index in [1.807, 2.05) is 0 Å². The highest BCUT2D eigenvalue weighted by molar-refractivity contribution is 5.97. The minimum atomic E-state index is -1.08. The number of aromatic carboxylic acids is 1. The van der Waals surface area contributed by atoms with E-state index in [1.54, 1.807) is 32.0 Å². The van der Waals surface area contributed by atoms with Crippen molar-refractivity contribution >= 4 is 23.0 Å². The lowest BCUT2D eigenvalue weighted by atomic mass is 10.2. The van der Waals surface area contributed by atoms with E-state index >= 15 is 0 Å². The quantitative estimate of drug-likeness (QED) is 0.634. The van der Waals surface area contributed by atoms with E-state index in [-0.39, 0.29) is 17.9 Å². The zero-order valence-electron chi connectivity index (χ0n) is 12.5. The zero-order chi connectivity index (χ0) is 16.6. The number of carboxylic acid groups (broad SMARTS) is 1. The Balaban J connectivity index is 2.07. The molecule has 0 spiro atoms. The van der Waals surface area contributed by atoms with E-state index in [0.29, 0.717) is 28.1 Å². The lowest BCUT2D eigenvalue weighted by Crippen LogP contribution is -2.04.